The Hall–Kier alpha value is -1.10. The van der Waals surface area contributed by atoms with Gasteiger partial charge in [-0.25, -0.2) is 0 Å². The minimum atomic E-state index is -0.388. The molecule has 96 valence electrons. The van der Waals surface area contributed by atoms with Crippen LogP contribution in [0.2, 0.25) is 0 Å². The smallest absolute Gasteiger partial charge is 0.240 e. The Kier molecular flexibility index (Phi) is 3.66. The second kappa shape index (κ2) is 5.04. The largest absolute Gasteiger partial charge is 0.368 e. The van der Waals surface area contributed by atoms with E-state index in [0.29, 0.717) is 13.0 Å². The summed E-state index contributed by atoms with van der Waals surface area (Å²) in [7, 11) is 0. The van der Waals surface area contributed by atoms with Gasteiger partial charge < -0.3 is 16.4 Å². The average Bonchev–Trinajstić information content (AvgIpc) is 2.77. The first-order valence-corrected chi connectivity index (χ1v) is 6.45. The Morgan fingerprint density at radius 3 is 2.53 bits per heavy atom. The van der Waals surface area contributed by atoms with Gasteiger partial charge in [0.1, 0.15) is 6.04 Å². The molecule has 2 fully saturated rings. The van der Waals surface area contributed by atoms with Crippen molar-refractivity contribution in [3.63, 3.8) is 0 Å². The van der Waals surface area contributed by atoms with Crippen molar-refractivity contribution in [3.8, 4) is 0 Å². The maximum Gasteiger partial charge on any atom is 0.240 e. The summed E-state index contributed by atoms with van der Waals surface area (Å²) in [5.41, 5.74) is 11.2. The van der Waals surface area contributed by atoms with Crippen LogP contribution in [-0.4, -0.2) is 35.3 Å². The Labute approximate surface area is 102 Å². The van der Waals surface area contributed by atoms with Crippen LogP contribution >= 0.6 is 0 Å². The molecule has 0 bridgehead atoms. The van der Waals surface area contributed by atoms with Crippen LogP contribution in [0.25, 0.3) is 0 Å². The van der Waals surface area contributed by atoms with Crippen molar-refractivity contribution in [2.24, 2.45) is 17.4 Å². The van der Waals surface area contributed by atoms with E-state index in [0.717, 1.165) is 32.1 Å². The molecular weight excluding hydrogens is 218 g/mol. The molecule has 5 heteroatoms. The predicted molar refractivity (Wildman–Crippen MR) is 63.9 cm³/mol. The molecule has 4 N–H and O–H groups in total. The molecule has 2 amide bonds. The first-order valence-electron chi connectivity index (χ1n) is 6.45. The summed E-state index contributed by atoms with van der Waals surface area (Å²) in [5.74, 6) is -0.295. The zero-order valence-corrected chi connectivity index (χ0v) is 10.1. The molecule has 1 aliphatic heterocycles. The SMILES string of the molecule is NC(=O)C1CCCN1C(=O)C1CCCC(N)C1. The second-order valence-electron chi connectivity index (χ2n) is 5.22. The van der Waals surface area contributed by atoms with E-state index < -0.39 is 0 Å². The van der Waals surface area contributed by atoms with Gasteiger partial charge in [-0.2, -0.15) is 0 Å². The lowest BCUT2D eigenvalue weighted by molar-refractivity contribution is -0.141. The Bertz CT molecular complexity index is 319. The molecule has 0 radical (unpaired) electrons. The fraction of sp³-hybridized carbons (Fsp3) is 0.833. The predicted octanol–water partition coefficient (Wildman–Crippen LogP) is -0.0198. The normalized spacial score (nSPS) is 33.7. The number of likely N-dealkylation sites (tertiary alicyclic amines) is 1. The molecule has 17 heavy (non-hydrogen) atoms. The monoisotopic (exact) mass is 239 g/mol. The molecule has 2 aliphatic rings. The second-order valence-corrected chi connectivity index (χ2v) is 5.22. The number of nitrogens with two attached hydrogens (primary N) is 2. The van der Waals surface area contributed by atoms with E-state index in [1.54, 1.807) is 4.90 Å². The maximum absolute atomic E-state index is 12.3. The quantitative estimate of drug-likeness (QED) is 0.709. The average molecular weight is 239 g/mol. The number of nitrogens with zero attached hydrogens (tertiary/aromatic N) is 1. The van der Waals surface area contributed by atoms with Gasteiger partial charge in [0, 0.05) is 18.5 Å². The number of primary amides is 1. The molecule has 1 saturated heterocycles. The van der Waals surface area contributed by atoms with Gasteiger partial charge in [-0.3, -0.25) is 9.59 Å². The third-order valence-electron chi connectivity index (χ3n) is 3.93. The van der Waals surface area contributed by atoms with Crippen molar-refractivity contribution in [2.75, 3.05) is 6.54 Å². The lowest BCUT2D eigenvalue weighted by atomic mass is 9.85. The summed E-state index contributed by atoms with van der Waals surface area (Å²) >= 11 is 0. The summed E-state index contributed by atoms with van der Waals surface area (Å²) in [6.07, 6.45) is 5.24. The van der Waals surface area contributed by atoms with Gasteiger partial charge in [-0.15, -0.1) is 0 Å². The third-order valence-corrected chi connectivity index (χ3v) is 3.93. The third kappa shape index (κ3) is 2.60. The highest BCUT2D eigenvalue weighted by molar-refractivity contribution is 5.88. The minimum Gasteiger partial charge on any atom is -0.368 e. The van der Waals surface area contributed by atoms with E-state index in [2.05, 4.69) is 0 Å². The van der Waals surface area contributed by atoms with Gasteiger partial charge in [0.2, 0.25) is 11.8 Å². The molecule has 1 heterocycles. The van der Waals surface area contributed by atoms with Crippen molar-refractivity contribution in [3.05, 3.63) is 0 Å². The van der Waals surface area contributed by atoms with E-state index in [1.165, 1.54) is 0 Å². The van der Waals surface area contributed by atoms with Crippen molar-refractivity contribution in [2.45, 2.75) is 50.6 Å². The number of hydrogen-bond donors (Lipinski definition) is 2. The topological polar surface area (TPSA) is 89.4 Å². The van der Waals surface area contributed by atoms with Gasteiger partial charge in [-0.05, 0) is 32.1 Å². The number of amides is 2. The van der Waals surface area contributed by atoms with Gasteiger partial charge in [0.15, 0.2) is 0 Å². The Morgan fingerprint density at radius 1 is 1.12 bits per heavy atom. The van der Waals surface area contributed by atoms with Gasteiger partial charge in [0.25, 0.3) is 0 Å². The highest BCUT2D eigenvalue weighted by Crippen LogP contribution is 2.28. The number of carbonyl (C=O) groups excluding carboxylic acids is 2. The lowest BCUT2D eigenvalue weighted by Crippen LogP contribution is -2.47. The van der Waals surface area contributed by atoms with Crippen LogP contribution in [0.5, 0.6) is 0 Å². The van der Waals surface area contributed by atoms with Gasteiger partial charge >= 0.3 is 0 Å². The van der Waals surface area contributed by atoms with Crippen molar-refractivity contribution in [1.82, 2.24) is 4.90 Å². The van der Waals surface area contributed by atoms with Gasteiger partial charge in [-0.1, -0.05) is 6.42 Å². The Morgan fingerprint density at radius 2 is 1.88 bits per heavy atom. The summed E-state index contributed by atoms with van der Waals surface area (Å²) in [4.78, 5) is 25.3. The molecule has 1 aliphatic carbocycles. The van der Waals surface area contributed by atoms with Gasteiger partial charge in [0.05, 0.1) is 0 Å². The lowest BCUT2D eigenvalue weighted by Gasteiger charge is -2.31. The Balaban J connectivity index is 2.01. The molecule has 0 aromatic heterocycles. The van der Waals surface area contributed by atoms with Crippen molar-refractivity contribution in [1.29, 1.82) is 0 Å². The molecule has 0 spiro atoms. The molecule has 5 nitrogen and oxygen atoms in total. The summed E-state index contributed by atoms with van der Waals surface area (Å²) in [5, 5.41) is 0. The van der Waals surface area contributed by atoms with Crippen LogP contribution in [-0.2, 0) is 9.59 Å². The fourth-order valence-electron chi connectivity index (χ4n) is 3.01. The summed E-state index contributed by atoms with van der Waals surface area (Å²) in [6.45, 7) is 0.665. The molecular formula is C12H21N3O2. The molecule has 0 aromatic rings. The number of rotatable bonds is 2. The van der Waals surface area contributed by atoms with Crippen LogP contribution < -0.4 is 11.5 Å². The minimum absolute atomic E-state index is 0.00120. The first kappa shape index (κ1) is 12.4. The van der Waals surface area contributed by atoms with Crippen molar-refractivity contribution >= 4 is 11.8 Å². The highest BCUT2D eigenvalue weighted by Gasteiger charge is 2.37. The molecule has 3 atom stereocenters. The summed E-state index contributed by atoms with van der Waals surface area (Å²) in [6, 6.07) is -0.256. The van der Waals surface area contributed by atoms with Crippen molar-refractivity contribution < 1.29 is 9.59 Å². The molecule has 2 rings (SSSR count). The maximum atomic E-state index is 12.3. The van der Waals surface area contributed by atoms with Crippen LogP contribution in [0, 0.1) is 5.92 Å². The number of hydrogen-bond acceptors (Lipinski definition) is 3. The fourth-order valence-corrected chi connectivity index (χ4v) is 3.01. The standard InChI is InChI=1S/C12H21N3O2/c13-9-4-1-3-8(7-9)12(17)15-6-2-5-10(15)11(14)16/h8-10H,1-7,13H2,(H2,14,16). The highest BCUT2D eigenvalue weighted by atomic mass is 16.2. The van der Waals surface area contributed by atoms with E-state index in [-0.39, 0.29) is 29.8 Å². The van der Waals surface area contributed by atoms with E-state index in [1.807, 2.05) is 0 Å². The van der Waals surface area contributed by atoms with Crippen LogP contribution in [0.4, 0.5) is 0 Å². The van der Waals surface area contributed by atoms with Crippen LogP contribution in [0.3, 0.4) is 0 Å². The molecule has 3 unspecified atom stereocenters. The summed E-state index contributed by atoms with van der Waals surface area (Å²) < 4.78 is 0. The van der Waals surface area contributed by atoms with E-state index in [9.17, 15) is 9.59 Å². The van der Waals surface area contributed by atoms with Crippen LogP contribution in [0.1, 0.15) is 38.5 Å². The molecule has 1 saturated carbocycles. The zero-order valence-electron chi connectivity index (χ0n) is 10.1. The van der Waals surface area contributed by atoms with Crippen LogP contribution in [0.15, 0.2) is 0 Å². The van der Waals surface area contributed by atoms with E-state index >= 15 is 0 Å². The first-order chi connectivity index (χ1) is 8.09. The number of carbonyl (C=O) groups is 2. The zero-order chi connectivity index (χ0) is 12.4. The molecule has 0 aromatic carbocycles. The van der Waals surface area contributed by atoms with E-state index in [4.69, 9.17) is 11.5 Å².